The summed E-state index contributed by atoms with van der Waals surface area (Å²) in [6.07, 6.45) is 7.65. The van der Waals surface area contributed by atoms with Crippen molar-refractivity contribution in [2.24, 2.45) is 17.8 Å². The van der Waals surface area contributed by atoms with Gasteiger partial charge in [-0.3, -0.25) is 4.79 Å². The van der Waals surface area contributed by atoms with Crippen LogP contribution in [-0.4, -0.2) is 5.78 Å². The van der Waals surface area contributed by atoms with E-state index in [4.69, 9.17) is 0 Å². The molecule has 3 atom stereocenters. The van der Waals surface area contributed by atoms with Crippen LogP contribution in [-0.2, 0) is 4.79 Å². The third-order valence-corrected chi connectivity index (χ3v) is 3.93. The van der Waals surface area contributed by atoms with Gasteiger partial charge in [-0.25, -0.2) is 0 Å². The highest BCUT2D eigenvalue weighted by molar-refractivity contribution is 5.78. The monoisotopic (exact) mass is 196 g/mol. The van der Waals surface area contributed by atoms with Crippen molar-refractivity contribution in [1.82, 2.24) is 0 Å². The maximum Gasteiger partial charge on any atom is 0.133 e. The molecule has 1 aliphatic carbocycles. The smallest absolute Gasteiger partial charge is 0.133 e. The normalized spacial score (nSPS) is 29.9. The van der Waals surface area contributed by atoms with Gasteiger partial charge in [-0.15, -0.1) is 0 Å². The summed E-state index contributed by atoms with van der Waals surface area (Å²) in [7, 11) is 0. The molecule has 1 saturated carbocycles. The Kier molecular flexibility index (Phi) is 4.64. The summed E-state index contributed by atoms with van der Waals surface area (Å²) in [5, 5.41) is 0. The van der Waals surface area contributed by atoms with Crippen molar-refractivity contribution in [2.75, 3.05) is 0 Å². The van der Waals surface area contributed by atoms with E-state index in [1.54, 1.807) is 6.92 Å². The van der Waals surface area contributed by atoms with E-state index in [2.05, 4.69) is 13.8 Å². The predicted molar refractivity (Wildman–Crippen MR) is 60.2 cm³/mol. The van der Waals surface area contributed by atoms with Crippen molar-refractivity contribution in [3.05, 3.63) is 0 Å². The molecule has 0 bridgehead atoms. The van der Waals surface area contributed by atoms with Crippen LogP contribution in [0.1, 0.15) is 59.3 Å². The third kappa shape index (κ3) is 2.83. The van der Waals surface area contributed by atoms with Crippen molar-refractivity contribution >= 4 is 5.78 Å². The summed E-state index contributed by atoms with van der Waals surface area (Å²) in [4.78, 5) is 11.5. The van der Waals surface area contributed by atoms with E-state index in [-0.39, 0.29) is 0 Å². The Morgan fingerprint density at radius 3 is 2.57 bits per heavy atom. The lowest BCUT2D eigenvalue weighted by molar-refractivity contribution is -0.123. The van der Waals surface area contributed by atoms with Gasteiger partial charge < -0.3 is 0 Å². The highest BCUT2D eigenvalue weighted by Gasteiger charge is 2.28. The van der Waals surface area contributed by atoms with Crippen molar-refractivity contribution in [1.29, 1.82) is 0 Å². The van der Waals surface area contributed by atoms with Gasteiger partial charge in [0.05, 0.1) is 0 Å². The molecule has 0 heterocycles. The molecule has 1 heteroatoms. The molecule has 0 aliphatic heterocycles. The van der Waals surface area contributed by atoms with E-state index >= 15 is 0 Å². The third-order valence-electron chi connectivity index (χ3n) is 3.93. The van der Waals surface area contributed by atoms with Crippen molar-refractivity contribution < 1.29 is 4.79 Å². The second-order valence-corrected chi connectivity index (χ2v) is 4.83. The number of rotatable bonds is 4. The number of carbonyl (C=O) groups is 1. The van der Waals surface area contributed by atoms with Crippen LogP contribution in [0.3, 0.4) is 0 Å². The summed E-state index contributed by atoms with van der Waals surface area (Å²) < 4.78 is 0. The second-order valence-electron chi connectivity index (χ2n) is 4.83. The Balaban J connectivity index is 2.53. The zero-order valence-electron chi connectivity index (χ0n) is 9.88. The molecule has 0 aromatic rings. The molecule has 1 fully saturated rings. The second kappa shape index (κ2) is 5.53. The molecule has 14 heavy (non-hydrogen) atoms. The summed E-state index contributed by atoms with van der Waals surface area (Å²) in [6.45, 7) is 6.20. The largest absolute Gasteiger partial charge is 0.300 e. The lowest BCUT2D eigenvalue weighted by Gasteiger charge is -2.32. The summed E-state index contributed by atoms with van der Waals surface area (Å²) in [6, 6.07) is 0. The molecule has 0 saturated heterocycles. The number of Topliss-reactive ketones (excluding diaryl/α,β-unsaturated/α-hetero) is 1. The molecule has 0 radical (unpaired) electrons. The van der Waals surface area contributed by atoms with Gasteiger partial charge in [0.2, 0.25) is 0 Å². The molecule has 0 aromatic carbocycles. The topological polar surface area (TPSA) is 17.1 Å². The van der Waals surface area contributed by atoms with E-state index < -0.39 is 0 Å². The Hall–Kier alpha value is -0.330. The van der Waals surface area contributed by atoms with Gasteiger partial charge in [0.15, 0.2) is 0 Å². The summed E-state index contributed by atoms with van der Waals surface area (Å²) in [5.74, 6) is 2.34. The van der Waals surface area contributed by atoms with Gasteiger partial charge in [-0.2, -0.15) is 0 Å². The number of carbonyl (C=O) groups excluding carboxylic acids is 1. The van der Waals surface area contributed by atoms with Crippen molar-refractivity contribution in [3.63, 3.8) is 0 Å². The molecule has 1 rings (SSSR count). The van der Waals surface area contributed by atoms with E-state index in [0.29, 0.717) is 17.6 Å². The van der Waals surface area contributed by atoms with Gasteiger partial charge in [0.1, 0.15) is 5.78 Å². The SMILES string of the molecule is CCC1CCCC(C(CC)C(C)=O)C1. The van der Waals surface area contributed by atoms with Crippen LogP contribution in [0.4, 0.5) is 0 Å². The molecule has 1 aliphatic rings. The molecule has 0 N–H and O–H groups in total. The van der Waals surface area contributed by atoms with Crippen LogP contribution in [0, 0.1) is 17.8 Å². The molecule has 0 spiro atoms. The van der Waals surface area contributed by atoms with Crippen LogP contribution in [0.25, 0.3) is 0 Å². The number of hydrogen-bond acceptors (Lipinski definition) is 1. The average Bonchev–Trinajstić information content (AvgIpc) is 2.19. The first-order chi connectivity index (χ1) is 6.69. The van der Waals surface area contributed by atoms with Gasteiger partial charge in [0, 0.05) is 5.92 Å². The van der Waals surface area contributed by atoms with Crippen LogP contribution in [0.2, 0.25) is 0 Å². The summed E-state index contributed by atoms with van der Waals surface area (Å²) >= 11 is 0. The number of ketones is 1. The minimum atomic E-state index is 0.351. The molecule has 0 amide bonds. The molecule has 3 unspecified atom stereocenters. The van der Waals surface area contributed by atoms with Crippen LogP contribution in [0.5, 0.6) is 0 Å². The van der Waals surface area contributed by atoms with Crippen LogP contribution in [0.15, 0.2) is 0 Å². The van der Waals surface area contributed by atoms with E-state index in [1.165, 1.54) is 32.1 Å². The van der Waals surface area contributed by atoms with Gasteiger partial charge >= 0.3 is 0 Å². The minimum Gasteiger partial charge on any atom is -0.300 e. The van der Waals surface area contributed by atoms with Crippen molar-refractivity contribution in [3.8, 4) is 0 Å². The Morgan fingerprint density at radius 1 is 1.36 bits per heavy atom. The van der Waals surface area contributed by atoms with Gasteiger partial charge in [0.25, 0.3) is 0 Å². The molecule has 0 aromatic heterocycles. The first-order valence-electron chi connectivity index (χ1n) is 6.19. The lowest BCUT2D eigenvalue weighted by Crippen LogP contribution is -2.26. The molecular formula is C13H24O. The highest BCUT2D eigenvalue weighted by Crippen LogP contribution is 2.36. The fourth-order valence-corrected chi connectivity index (χ4v) is 3.02. The van der Waals surface area contributed by atoms with Crippen molar-refractivity contribution in [2.45, 2.75) is 59.3 Å². The zero-order valence-corrected chi connectivity index (χ0v) is 9.88. The lowest BCUT2D eigenvalue weighted by atomic mass is 9.72. The first-order valence-corrected chi connectivity index (χ1v) is 6.19. The predicted octanol–water partition coefficient (Wildman–Crippen LogP) is 3.82. The highest BCUT2D eigenvalue weighted by atomic mass is 16.1. The Morgan fingerprint density at radius 2 is 2.07 bits per heavy atom. The molecular weight excluding hydrogens is 172 g/mol. The van der Waals surface area contributed by atoms with E-state index in [9.17, 15) is 4.79 Å². The first kappa shape index (κ1) is 11.7. The average molecular weight is 196 g/mol. The summed E-state index contributed by atoms with van der Waals surface area (Å²) in [5.41, 5.74) is 0. The fraction of sp³-hybridized carbons (Fsp3) is 0.923. The Bertz CT molecular complexity index is 186. The van der Waals surface area contributed by atoms with Gasteiger partial charge in [-0.05, 0) is 38.0 Å². The van der Waals surface area contributed by atoms with E-state index in [0.717, 1.165) is 12.3 Å². The zero-order chi connectivity index (χ0) is 10.6. The Labute approximate surface area is 88.3 Å². The standard InChI is InChI=1S/C13H24O/c1-4-11-7-6-8-12(9-11)13(5-2)10(3)14/h11-13H,4-9H2,1-3H3. The van der Waals surface area contributed by atoms with Gasteiger partial charge in [-0.1, -0.05) is 33.1 Å². The van der Waals surface area contributed by atoms with E-state index in [1.807, 2.05) is 0 Å². The molecule has 1 nitrogen and oxygen atoms in total. The fourth-order valence-electron chi connectivity index (χ4n) is 3.02. The van der Waals surface area contributed by atoms with Crippen LogP contribution >= 0.6 is 0 Å². The number of hydrogen-bond donors (Lipinski definition) is 0. The van der Waals surface area contributed by atoms with Crippen LogP contribution < -0.4 is 0 Å². The maximum absolute atomic E-state index is 11.5. The minimum absolute atomic E-state index is 0.351. The maximum atomic E-state index is 11.5. The molecule has 82 valence electrons. The quantitative estimate of drug-likeness (QED) is 0.668.